The standard InChI is InChI=1S/C23H13ClF2O5/c24-17-7-3-2-6-15(17)22(28)29-14-9-10-16-19(12-14)30-20(21(16)27)11-13-5-1-4-8-18(13)31-23(25)26/h1-12,23H/b20-11-. The number of hydrogen-bond acceptors (Lipinski definition) is 5. The lowest BCUT2D eigenvalue weighted by Crippen LogP contribution is -2.09. The van der Waals surface area contributed by atoms with Gasteiger partial charge in [0.05, 0.1) is 16.1 Å². The summed E-state index contributed by atoms with van der Waals surface area (Å²) in [5.41, 5.74) is 0.693. The third kappa shape index (κ3) is 4.41. The first-order chi connectivity index (χ1) is 14.9. The fourth-order valence-corrected chi connectivity index (χ4v) is 3.18. The van der Waals surface area contributed by atoms with Gasteiger partial charge in [-0.1, -0.05) is 41.9 Å². The Balaban J connectivity index is 1.57. The second kappa shape index (κ2) is 8.57. The van der Waals surface area contributed by atoms with Crippen molar-refractivity contribution in [1.82, 2.24) is 0 Å². The van der Waals surface area contributed by atoms with Gasteiger partial charge >= 0.3 is 12.6 Å². The summed E-state index contributed by atoms with van der Waals surface area (Å²) in [5, 5.41) is 0.245. The lowest BCUT2D eigenvalue weighted by Gasteiger charge is -2.08. The summed E-state index contributed by atoms with van der Waals surface area (Å²) < 4.78 is 40.6. The van der Waals surface area contributed by atoms with Gasteiger partial charge in [-0.15, -0.1) is 0 Å². The van der Waals surface area contributed by atoms with Crippen molar-refractivity contribution in [2.75, 3.05) is 0 Å². The van der Waals surface area contributed by atoms with Gasteiger partial charge in [0.1, 0.15) is 17.2 Å². The molecule has 0 spiro atoms. The molecule has 0 N–H and O–H groups in total. The van der Waals surface area contributed by atoms with Crippen molar-refractivity contribution in [2.24, 2.45) is 0 Å². The highest BCUT2D eigenvalue weighted by Crippen LogP contribution is 2.36. The maximum Gasteiger partial charge on any atom is 0.387 e. The van der Waals surface area contributed by atoms with E-state index in [1.54, 1.807) is 24.3 Å². The summed E-state index contributed by atoms with van der Waals surface area (Å²) in [6, 6.07) is 16.7. The Hall–Kier alpha value is -3.71. The molecule has 4 rings (SSSR count). The van der Waals surface area contributed by atoms with E-state index in [9.17, 15) is 18.4 Å². The van der Waals surface area contributed by atoms with Crippen LogP contribution in [0.15, 0.2) is 72.5 Å². The number of hydrogen-bond donors (Lipinski definition) is 0. The molecule has 3 aromatic carbocycles. The highest BCUT2D eigenvalue weighted by atomic mass is 35.5. The Labute approximate surface area is 180 Å². The molecule has 31 heavy (non-hydrogen) atoms. The summed E-state index contributed by atoms with van der Waals surface area (Å²) in [7, 11) is 0. The third-order valence-electron chi connectivity index (χ3n) is 4.37. The van der Waals surface area contributed by atoms with Crippen molar-refractivity contribution in [2.45, 2.75) is 6.61 Å². The van der Waals surface area contributed by atoms with Crippen LogP contribution in [0.25, 0.3) is 6.08 Å². The average molecular weight is 443 g/mol. The monoisotopic (exact) mass is 442 g/mol. The van der Waals surface area contributed by atoms with E-state index in [-0.39, 0.29) is 44.7 Å². The second-order valence-electron chi connectivity index (χ2n) is 6.38. The van der Waals surface area contributed by atoms with Crippen LogP contribution >= 0.6 is 11.6 Å². The Kier molecular flexibility index (Phi) is 5.68. The lowest BCUT2D eigenvalue weighted by atomic mass is 10.1. The zero-order chi connectivity index (χ0) is 22.0. The van der Waals surface area contributed by atoms with Gasteiger partial charge in [-0.25, -0.2) is 4.79 Å². The average Bonchev–Trinajstić information content (AvgIpc) is 3.04. The summed E-state index contributed by atoms with van der Waals surface area (Å²) >= 11 is 6.00. The minimum atomic E-state index is -3.01. The second-order valence-corrected chi connectivity index (χ2v) is 6.79. The predicted molar refractivity (Wildman–Crippen MR) is 109 cm³/mol. The molecule has 1 aliphatic rings. The van der Waals surface area contributed by atoms with E-state index >= 15 is 0 Å². The molecular formula is C23H13ClF2O5. The number of carbonyl (C=O) groups excluding carboxylic acids is 2. The number of benzene rings is 3. The molecule has 0 unspecified atom stereocenters. The number of rotatable bonds is 5. The molecule has 156 valence electrons. The number of halogens is 3. The van der Waals surface area contributed by atoms with E-state index in [1.165, 1.54) is 48.5 Å². The van der Waals surface area contributed by atoms with E-state index in [2.05, 4.69) is 4.74 Å². The van der Waals surface area contributed by atoms with Crippen LogP contribution in [-0.2, 0) is 0 Å². The first-order valence-corrected chi connectivity index (χ1v) is 9.39. The van der Waals surface area contributed by atoms with Gasteiger partial charge in [0.25, 0.3) is 0 Å². The number of fused-ring (bicyclic) bond motifs is 1. The molecule has 5 nitrogen and oxygen atoms in total. The Bertz CT molecular complexity index is 1210. The molecule has 0 radical (unpaired) electrons. The topological polar surface area (TPSA) is 61.8 Å². The smallest absolute Gasteiger partial charge is 0.387 e. The highest BCUT2D eigenvalue weighted by Gasteiger charge is 2.28. The molecule has 1 heterocycles. The van der Waals surface area contributed by atoms with Crippen molar-refractivity contribution in [3.05, 3.63) is 94.2 Å². The third-order valence-corrected chi connectivity index (χ3v) is 4.70. The van der Waals surface area contributed by atoms with Gasteiger partial charge in [-0.3, -0.25) is 4.79 Å². The SMILES string of the molecule is O=C(Oc1ccc2c(c1)O/C(=C\c1ccccc1OC(F)F)C2=O)c1ccccc1Cl. The van der Waals surface area contributed by atoms with E-state index in [4.69, 9.17) is 21.1 Å². The molecule has 3 aromatic rings. The molecule has 1 aliphatic heterocycles. The van der Waals surface area contributed by atoms with Gasteiger partial charge in [-0.05, 0) is 36.4 Å². The molecular weight excluding hydrogens is 430 g/mol. The molecule has 0 fully saturated rings. The molecule has 0 amide bonds. The normalized spacial score (nSPS) is 13.8. The van der Waals surface area contributed by atoms with Crippen LogP contribution in [-0.4, -0.2) is 18.4 Å². The van der Waals surface area contributed by atoms with Crippen LogP contribution < -0.4 is 14.2 Å². The largest absolute Gasteiger partial charge is 0.452 e. The van der Waals surface area contributed by atoms with Crippen LogP contribution in [0.2, 0.25) is 5.02 Å². The summed E-state index contributed by atoms with van der Waals surface area (Å²) in [6.45, 7) is -3.01. The fourth-order valence-electron chi connectivity index (χ4n) is 2.96. The summed E-state index contributed by atoms with van der Waals surface area (Å²) in [4.78, 5) is 25.0. The molecule has 0 atom stereocenters. The lowest BCUT2D eigenvalue weighted by molar-refractivity contribution is -0.0500. The summed E-state index contributed by atoms with van der Waals surface area (Å²) in [6.07, 6.45) is 1.31. The zero-order valence-electron chi connectivity index (χ0n) is 15.7. The number of allylic oxidation sites excluding steroid dienone is 1. The van der Waals surface area contributed by atoms with Crippen molar-refractivity contribution < 1.29 is 32.6 Å². The van der Waals surface area contributed by atoms with Gasteiger partial charge in [-0.2, -0.15) is 8.78 Å². The van der Waals surface area contributed by atoms with Crippen LogP contribution in [0.5, 0.6) is 17.2 Å². The maximum atomic E-state index is 12.6. The fraction of sp³-hybridized carbons (Fsp3) is 0.0435. The molecule has 0 saturated heterocycles. The first-order valence-electron chi connectivity index (χ1n) is 9.01. The zero-order valence-corrected chi connectivity index (χ0v) is 16.4. The molecule has 0 aliphatic carbocycles. The van der Waals surface area contributed by atoms with Crippen LogP contribution in [0.1, 0.15) is 26.3 Å². The number of esters is 1. The van der Waals surface area contributed by atoms with Gasteiger partial charge < -0.3 is 14.2 Å². The van der Waals surface area contributed by atoms with E-state index in [0.717, 1.165) is 0 Å². The van der Waals surface area contributed by atoms with E-state index < -0.39 is 18.4 Å². The number of ketones is 1. The van der Waals surface area contributed by atoms with Crippen LogP contribution in [0.3, 0.4) is 0 Å². The Morgan fingerprint density at radius 1 is 1.03 bits per heavy atom. The quantitative estimate of drug-likeness (QED) is 0.285. The van der Waals surface area contributed by atoms with Gasteiger partial charge in [0.15, 0.2) is 5.76 Å². The number of carbonyl (C=O) groups is 2. The molecule has 0 saturated carbocycles. The van der Waals surface area contributed by atoms with Crippen molar-refractivity contribution in [3.63, 3.8) is 0 Å². The minimum absolute atomic E-state index is 0.0742. The number of para-hydroxylation sites is 1. The molecule has 0 aromatic heterocycles. The molecule has 0 bridgehead atoms. The molecule has 8 heteroatoms. The number of Topliss-reactive ketones (excluding diaryl/α,β-unsaturated/α-hetero) is 1. The minimum Gasteiger partial charge on any atom is -0.452 e. The van der Waals surface area contributed by atoms with Crippen LogP contribution in [0.4, 0.5) is 8.78 Å². The maximum absolute atomic E-state index is 12.6. The highest BCUT2D eigenvalue weighted by molar-refractivity contribution is 6.33. The number of alkyl halides is 2. The van der Waals surface area contributed by atoms with E-state index in [1.807, 2.05) is 0 Å². The number of ether oxygens (including phenoxy) is 3. The predicted octanol–water partition coefficient (Wildman–Crippen LogP) is 5.78. The van der Waals surface area contributed by atoms with Crippen molar-refractivity contribution >= 4 is 29.4 Å². The first kappa shape index (κ1) is 20.6. The van der Waals surface area contributed by atoms with Gasteiger partial charge in [0, 0.05) is 11.6 Å². The van der Waals surface area contributed by atoms with Crippen LogP contribution in [0, 0.1) is 0 Å². The Morgan fingerprint density at radius 3 is 2.55 bits per heavy atom. The van der Waals surface area contributed by atoms with Crippen molar-refractivity contribution in [1.29, 1.82) is 0 Å². The van der Waals surface area contributed by atoms with E-state index in [0.29, 0.717) is 0 Å². The Morgan fingerprint density at radius 2 is 1.77 bits per heavy atom. The summed E-state index contributed by atoms with van der Waals surface area (Å²) in [5.74, 6) is -0.941. The van der Waals surface area contributed by atoms with Gasteiger partial charge in [0.2, 0.25) is 5.78 Å². The van der Waals surface area contributed by atoms with Crippen molar-refractivity contribution in [3.8, 4) is 17.2 Å².